The van der Waals surface area contributed by atoms with E-state index in [-0.39, 0.29) is 36.9 Å². The summed E-state index contributed by atoms with van der Waals surface area (Å²) in [4.78, 5) is 29.9. The first-order chi connectivity index (χ1) is 13.4. The largest absolute Gasteiger partial charge is 0.481 e. The van der Waals surface area contributed by atoms with Crippen molar-refractivity contribution in [1.82, 2.24) is 20.5 Å². The number of β-lactam (4-membered cyclic amide) rings is 1. The van der Waals surface area contributed by atoms with Gasteiger partial charge in [0.05, 0.1) is 23.5 Å². The molecule has 4 aliphatic heterocycles. The quantitative estimate of drug-likeness (QED) is 0.301. The molecule has 11 nitrogen and oxygen atoms in total. The van der Waals surface area contributed by atoms with Crippen LogP contribution in [0.2, 0.25) is 0 Å². The van der Waals surface area contributed by atoms with Gasteiger partial charge in [-0.05, 0) is 6.08 Å². The molecular weight excluding hydrogens is 408 g/mol. The lowest BCUT2D eigenvalue weighted by Crippen LogP contribution is -2.72. The van der Waals surface area contributed by atoms with Crippen molar-refractivity contribution in [3.8, 4) is 0 Å². The predicted octanol–water partition coefficient (Wildman–Crippen LogP) is -1.89. The maximum Gasteiger partial charge on any atom is 0.313 e. The van der Waals surface area contributed by atoms with Crippen LogP contribution in [0.25, 0.3) is 0 Å². The third kappa shape index (κ3) is 3.07. The zero-order valence-electron chi connectivity index (χ0n) is 14.7. The van der Waals surface area contributed by atoms with Crippen LogP contribution in [0.15, 0.2) is 28.1 Å². The fraction of sp³-hybridized carbons (Fsp3) is 0.533. The normalized spacial score (nSPS) is 31.6. The van der Waals surface area contributed by atoms with Crippen LogP contribution in [0.5, 0.6) is 0 Å². The number of hydrogen-bond donors (Lipinski definition) is 5. The van der Waals surface area contributed by atoms with E-state index in [0.29, 0.717) is 22.3 Å². The zero-order valence-corrected chi connectivity index (χ0v) is 16.3. The van der Waals surface area contributed by atoms with Crippen LogP contribution >= 0.6 is 23.5 Å². The van der Waals surface area contributed by atoms with Gasteiger partial charge in [-0.1, -0.05) is 0 Å². The molecule has 4 rings (SSSR count). The third-order valence-corrected chi connectivity index (χ3v) is 7.85. The monoisotopic (exact) mass is 428 g/mol. The number of rotatable bonds is 6. The van der Waals surface area contributed by atoms with Crippen molar-refractivity contribution in [2.45, 2.75) is 11.4 Å². The lowest BCUT2D eigenvalue weighted by molar-refractivity contribution is -0.155. The van der Waals surface area contributed by atoms with Crippen molar-refractivity contribution in [2.24, 2.45) is 16.1 Å². The number of carboxylic acids is 1. The number of nitrogens with two attached hydrogens (primary N) is 1. The highest BCUT2D eigenvalue weighted by Crippen LogP contribution is 2.44. The Balaban J connectivity index is 1.51. The maximum atomic E-state index is 12.1. The van der Waals surface area contributed by atoms with Crippen LogP contribution < -0.4 is 11.3 Å². The second-order valence-corrected chi connectivity index (χ2v) is 8.95. The Kier molecular flexibility index (Phi) is 5.05. The Morgan fingerprint density at radius 1 is 1.50 bits per heavy atom. The number of fused-ring (bicyclic) bond motifs is 2. The van der Waals surface area contributed by atoms with Gasteiger partial charge in [-0.3, -0.25) is 14.6 Å². The number of nitrogens with one attached hydrogen (secondary N) is 1. The number of carbonyl (C=O) groups is 2. The highest BCUT2D eigenvalue weighted by atomic mass is 32.2. The molecule has 0 radical (unpaired) electrons. The summed E-state index contributed by atoms with van der Waals surface area (Å²) in [5.41, 5.74) is 8.02. The second kappa shape index (κ2) is 7.24. The van der Waals surface area contributed by atoms with Crippen LogP contribution in [-0.2, 0) is 9.59 Å². The van der Waals surface area contributed by atoms with E-state index in [4.69, 9.17) is 5.73 Å². The molecule has 13 heteroatoms. The summed E-state index contributed by atoms with van der Waals surface area (Å²) < 4.78 is 0. The SMILES string of the molecule is NC1C(=O)N2CC(CSC3=CC(CO)=NC4=CN(CO)NN43)(C(=O)O)CS[C@H]12. The Morgan fingerprint density at radius 2 is 2.29 bits per heavy atom. The van der Waals surface area contributed by atoms with Crippen molar-refractivity contribution in [1.29, 1.82) is 0 Å². The number of hydrogen-bond acceptors (Lipinski definition) is 11. The van der Waals surface area contributed by atoms with Crippen LogP contribution in [0.3, 0.4) is 0 Å². The minimum atomic E-state index is -1.11. The molecule has 1 amide bonds. The van der Waals surface area contributed by atoms with E-state index in [1.807, 2.05) is 0 Å². The molecule has 4 aliphatic rings. The smallest absolute Gasteiger partial charge is 0.313 e. The lowest BCUT2D eigenvalue weighted by atomic mass is 9.89. The molecule has 152 valence electrons. The summed E-state index contributed by atoms with van der Waals surface area (Å²) in [6.45, 7) is -0.431. The van der Waals surface area contributed by atoms with Crippen LogP contribution in [0.1, 0.15) is 0 Å². The molecule has 0 aromatic heterocycles. The number of amides is 1. The van der Waals surface area contributed by atoms with Gasteiger partial charge in [0.1, 0.15) is 23.6 Å². The summed E-state index contributed by atoms with van der Waals surface area (Å²) in [7, 11) is 0. The van der Waals surface area contributed by atoms with E-state index in [9.17, 15) is 24.9 Å². The summed E-state index contributed by atoms with van der Waals surface area (Å²) >= 11 is 2.68. The molecule has 2 saturated heterocycles. The number of aliphatic imine (C=N–C) groups is 1. The summed E-state index contributed by atoms with van der Waals surface area (Å²) in [6, 6.07) is -0.556. The van der Waals surface area contributed by atoms with Crippen molar-refractivity contribution in [3.05, 3.63) is 23.1 Å². The van der Waals surface area contributed by atoms with Crippen molar-refractivity contribution in [3.63, 3.8) is 0 Å². The summed E-state index contributed by atoms with van der Waals surface area (Å²) in [6.07, 6.45) is 3.24. The number of hydrazine groups is 2. The van der Waals surface area contributed by atoms with E-state index in [1.54, 1.807) is 17.3 Å². The minimum absolute atomic E-state index is 0.118. The Morgan fingerprint density at radius 3 is 2.96 bits per heavy atom. The van der Waals surface area contributed by atoms with E-state index < -0.39 is 17.4 Å². The van der Waals surface area contributed by atoms with Crippen molar-refractivity contribution >= 4 is 41.1 Å². The molecule has 28 heavy (non-hydrogen) atoms. The molecular formula is C15H20N6O5S2. The van der Waals surface area contributed by atoms with Gasteiger partial charge in [0.2, 0.25) is 5.91 Å². The summed E-state index contributed by atoms with van der Waals surface area (Å²) in [5, 5.41) is 32.2. The lowest BCUT2D eigenvalue weighted by Gasteiger charge is -2.52. The number of aliphatic hydroxyl groups is 2. The number of aliphatic hydroxyl groups excluding tert-OH is 2. The average molecular weight is 428 g/mol. The van der Waals surface area contributed by atoms with Gasteiger partial charge in [0.15, 0.2) is 5.82 Å². The fourth-order valence-electron chi connectivity index (χ4n) is 3.31. The predicted molar refractivity (Wildman–Crippen MR) is 103 cm³/mol. The van der Waals surface area contributed by atoms with Gasteiger partial charge in [0, 0.05) is 18.1 Å². The van der Waals surface area contributed by atoms with Crippen LogP contribution in [-0.4, -0.2) is 90.6 Å². The van der Waals surface area contributed by atoms with Gasteiger partial charge < -0.3 is 26.0 Å². The fourth-order valence-corrected chi connectivity index (χ4v) is 6.15. The molecule has 3 atom stereocenters. The highest BCUT2D eigenvalue weighted by molar-refractivity contribution is 8.03. The number of carboxylic acid groups (broad SMARTS) is 1. The van der Waals surface area contributed by atoms with E-state index in [1.165, 1.54) is 33.4 Å². The minimum Gasteiger partial charge on any atom is -0.481 e. The second-order valence-electron chi connectivity index (χ2n) is 6.85. The van der Waals surface area contributed by atoms with E-state index in [0.717, 1.165) is 0 Å². The first-order valence-corrected chi connectivity index (χ1v) is 10.5. The van der Waals surface area contributed by atoms with Crippen molar-refractivity contribution in [2.75, 3.05) is 31.4 Å². The number of carbonyl (C=O) groups excluding carboxylic acids is 1. The van der Waals surface area contributed by atoms with Crippen molar-refractivity contribution < 1.29 is 24.9 Å². The molecule has 0 aromatic rings. The molecule has 2 fully saturated rings. The number of thioether (sulfide) groups is 2. The van der Waals surface area contributed by atoms with Gasteiger partial charge in [-0.25, -0.2) is 10.0 Å². The van der Waals surface area contributed by atoms with Gasteiger partial charge in [0.25, 0.3) is 0 Å². The molecule has 6 N–H and O–H groups in total. The number of nitrogens with zero attached hydrogens (tertiary/aromatic N) is 4. The maximum absolute atomic E-state index is 12.1. The van der Waals surface area contributed by atoms with E-state index >= 15 is 0 Å². The molecule has 0 spiro atoms. The first-order valence-electron chi connectivity index (χ1n) is 8.48. The molecule has 0 aliphatic carbocycles. The molecule has 0 bridgehead atoms. The Labute approximate surface area is 168 Å². The van der Waals surface area contributed by atoms with E-state index in [2.05, 4.69) is 10.5 Å². The summed E-state index contributed by atoms with van der Waals surface area (Å²) in [5.74, 6) is -0.131. The van der Waals surface area contributed by atoms with Crippen LogP contribution in [0.4, 0.5) is 0 Å². The topological polar surface area (TPSA) is 155 Å². The van der Waals surface area contributed by atoms with Crippen LogP contribution in [0, 0.1) is 5.41 Å². The number of aliphatic carboxylic acids is 1. The zero-order chi connectivity index (χ0) is 20.1. The third-order valence-electron chi connectivity index (χ3n) is 4.95. The van der Waals surface area contributed by atoms with Gasteiger partial charge >= 0.3 is 5.97 Å². The molecule has 0 saturated carbocycles. The average Bonchev–Trinajstić information content (AvgIpc) is 3.14. The molecule has 0 aromatic carbocycles. The standard InChI is InChI=1S/C15H20N6O5S2/c16-11-12(24)20-4-15(14(25)26,6-28-13(11)20)5-27-10-1-8(3-22)17-9-2-19(7-23)18-21(9)10/h1-2,11,13,18,22-23H,3-7,16H2,(H,25,26)/t11?,13-,15?/m1/s1. The molecule has 4 heterocycles. The van der Waals surface area contributed by atoms with Gasteiger partial charge in [-0.2, -0.15) is 0 Å². The first kappa shape index (κ1) is 19.5. The molecule has 2 unspecified atom stereocenters. The Bertz CT molecular complexity index is 804. The van der Waals surface area contributed by atoms with Gasteiger partial charge in [-0.15, -0.1) is 29.1 Å². The Hall–Kier alpha value is -1.77. The highest BCUT2D eigenvalue weighted by Gasteiger charge is 2.55.